The Kier molecular flexibility index (Phi) is 6.18. The molecule has 0 saturated carbocycles. The molecule has 4 N–H and O–H groups in total. The molecular weight excluding hydrogens is 232 g/mol. The predicted octanol–water partition coefficient (Wildman–Crippen LogP) is 0.325. The molecule has 1 aromatic carbocycles. The molecule has 0 heterocycles. The molecule has 0 aliphatic carbocycles. The van der Waals surface area contributed by atoms with Crippen molar-refractivity contribution in [3.63, 3.8) is 0 Å². The van der Waals surface area contributed by atoms with E-state index in [4.69, 9.17) is 15.6 Å². The van der Waals surface area contributed by atoms with E-state index in [0.717, 1.165) is 5.56 Å². The maximum Gasteiger partial charge on any atom is 0.224 e. The van der Waals surface area contributed by atoms with E-state index in [9.17, 15) is 4.79 Å². The van der Waals surface area contributed by atoms with Gasteiger partial charge in [0.25, 0.3) is 0 Å². The number of carbonyl (C=O) groups excluding carboxylic acids is 1. The lowest BCUT2D eigenvalue weighted by atomic mass is 10.1. The van der Waals surface area contributed by atoms with Crippen molar-refractivity contribution in [2.75, 3.05) is 26.1 Å². The highest BCUT2D eigenvalue weighted by Gasteiger charge is 2.12. The summed E-state index contributed by atoms with van der Waals surface area (Å²) in [7, 11) is 1.56. The number of nitrogens with two attached hydrogens (primary N) is 1. The number of anilines is 1. The molecule has 0 aliphatic heterocycles. The van der Waals surface area contributed by atoms with E-state index in [1.54, 1.807) is 19.2 Å². The zero-order valence-electron chi connectivity index (χ0n) is 10.6. The number of methoxy groups -OCH3 is 1. The number of hydrogen-bond donors (Lipinski definition) is 3. The van der Waals surface area contributed by atoms with Crippen LogP contribution >= 0.6 is 0 Å². The second kappa shape index (κ2) is 7.68. The Hall–Kier alpha value is -1.59. The van der Waals surface area contributed by atoms with Crippen LogP contribution in [0.4, 0.5) is 5.69 Å². The SMILES string of the molecule is COCC(CCO)NC(=O)Cc1cccc(N)c1. The minimum Gasteiger partial charge on any atom is -0.399 e. The highest BCUT2D eigenvalue weighted by molar-refractivity contribution is 5.79. The van der Waals surface area contributed by atoms with Crippen LogP contribution in [0, 0.1) is 0 Å². The van der Waals surface area contributed by atoms with Gasteiger partial charge in [0.1, 0.15) is 0 Å². The third-order valence-electron chi connectivity index (χ3n) is 2.53. The van der Waals surface area contributed by atoms with Gasteiger partial charge in [0.2, 0.25) is 5.91 Å². The number of nitrogen functional groups attached to an aromatic ring is 1. The van der Waals surface area contributed by atoms with Gasteiger partial charge in [-0.3, -0.25) is 4.79 Å². The summed E-state index contributed by atoms with van der Waals surface area (Å²) < 4.78 is 4.98. The van der Waals surface area contributed by atoms with Gasteiger partial charge in [-0.1, -0.05) is 12.1 Å². The smallest absolute Gasteiger partial charge is 0.224 e. The van der Waals surface area contributed by atoms with Gasteiger partial charge in [0, 0.05) is 19.4 Å². The number of aliphatic hydroxyl groups excluding tert-OH is 1. The van der Waals surface area contributed by atoms with Crippen LogP contribution in [-0.2, 0) is 16.0 Å². The van der Waals surface area contributed by atoms with Gasteiger partial charge in [0.15, 0.2) is 0 Å². The average Bonchev–Trinajstić information content (AvgIpc) is 2.29. The van der Waals surface area contributed by atoms with Gasteiger partial charge in [0.05, 0.1) is 19.1 Å². The summed E-state index contributed by atoms with van der Waals surface area (Å²) in [4.78, 5) is 11.8. The molecule has 5 heteroatoms. The molecule has 1 rings (SSSR count). The van der Waals surface area contributed by atoms with Crippen molar-refractivity contribution in [1.82, 2.24) is 5.32 Å². The molecular formula is C13H20N2O3. The summed E-state index contributed by atoms with van der Waals surface area (Å²) in [6.07, 6.45) is 0.757. The minimum absolute atomic E-state index is 0.0204. The lowest BCUT2D eigenvalue weighted by Crippen LogP contribution is -2.39. The topological polar surface area (TPSA) is 84.6 Å². The highest BCUT2D eigenvalue weighted by Crippen LogP contribution is 2.07. The molecule has 18 heavy (non-hydrogen) atoms. The van der Waals surface area contributed by atoms with Crippen LogP contribution in [0.25, 0.3) is 0 Å². The Labute approximate surface area is 107 Å². The van der Waals surface area contributed by atoms with E-state index in [-0.39, 0.29) is 25.0 Å². The van der Waals surface area contributed by atoms with Crippen molar-refractivity contribution >= 4 is 11.6 Å². The molecule has 0 saturated heterocycles. The number of benzene rings is 1. The number of ether oxygens (including phenoxy) is 1. The largest absolute Gasteiger partial charge is 0.399 e. The second-order valence-corrected chi connectivity index (χ2v) is 4.15. The van der Waals surface area contributed by atoms with E-state index in [0.29, 0.717) is 18.7 Å². The third kappa shape index (κ3) is 5.16. The molecule has 0 aromatic heterocycles. The number of nitrogens with one attached hydrogen (secondary N) is 1. The van der Waals surface area contributed by atoms with Crippen LogP contribution in [-0.4, -0.2) is 37.4 Å². The Morgan fingerprint density at radius 1 is 1.56 bits per heavy atom. The number of aliphatic hydroxyl groups is 1. The third-order valence-corrected chi connectivity index (χ3v) is 2.53. The van der Waals surface area contributed by atoms with Gasteiger partial charge >= 0.3 is 0 Å². The first-order valence-electron chi connectivity index (χ1n) is 5.89. The summed E-state index contributed by atoms with van der Waals surface area (Å²) in [5, 5.41) is 11.7. The van der Waals surface area contributed by atoms with Crippen molar-refractivity contribution < 1.29 is 14.6 Å². The van der Waals surface area contributed by atoms with E-state index in [1.165, 1.54) is 0 Å². The normalized spacial score (nSPS) is 12.1. The average molecular weight is 252 g/mol. The van der Waals surface area contributed by atoms with Crippen LogP contribution < -0.4 is 11.1 Å². The van der Waals surface area contributed by atoms with E-state index < -0.39 is 0 Å². The summed E-state index contributed by atoms with van der Waals surface area (Å²) in [5.41, 5.74) is 7.16. The summed E-state index contributed by atoms with van der Waals surface area (Å²) in [6, 6.07) is 7.07. The number of amides is 1. The molecule has 1 aromatic rings. The molecule has 0 bridgehead atoms. The Bertz CT molecular complexity index is 376. The van der Waals surface area contributed by atoms with Crippen LogP contribution in [0.1, 0.15) is 12.0 Å². The summed E-state index contributed by atoms with van der Waals surface area (Å²) in [5.74, 6) is -0.101. The van der Waals surface area contributed by atoms with E-state index in [2.05, 4.69) is 5.32 Å². The molecule has 0 fully saturated rings. The molecule has 0 spiro atoms. The van der Waals surface area contributed by atoms with Gasteiger partial charge in [-0.05, 0) is 24.1 Å². The van der Waals surface area contributed by atoms with Crippen LogP contribution in [0.15, 0.2) is 24.3 Å². The quantitative estimate of drug-likeness (QED) is 0.610. The maximum absolute atomic E-state index is 11.8. The Morgan fingerprint density at radius 2 is 2.33 bits per heavy atom. The summed E-state index contributed by atoms with van der Waals surface area (Å²) >= 11 is 0. The minimum atomic E-state index is -0.159. The van der Waals surface area contributed by atoms with Crippen molar-refractivity contribution in [3.8, 4) is 0 Å². The van der Waals surface area contributed by atoms with Gasteiger partial charge in [-0.25, -0.2) is 0 Å². The van der Waals surface area contributed by atoms with Crippen molar-refractivity contribution in [3.05, 3.63) is 29.8 Å². The fourth-order valence-corrected chi connectivity index (χ4v) is 1.72. The lowest BCUT2D eigenvalue weighted by Gasteiger charge is -2.16. The zero-order chi connectivity index (χ0) is 13.4. The highest BCUT2D eigenvalue weighted by atomic mass is 16.5. The monoisotopic (exact) mass is 252 g/mol. The van der Waals surface area contributed by atoms with E-state index in [1.807, 2.05) is 12.1 Å². The molecule has 1 atom stereocenters. The number of rotatable bonds is 7. The van der Waals surface area contributed by atoms with Gasteiger partial charge < -0.3 is 20.9 Å². The first-order valence-corrected chi connectivity index (χ1v) is 5.89. The van der Waals surface area contributed by atoms with Crippen molar-refractivity contribution in [2.45, 2.75) is 18.9 Å². The molecule has 1 unspecified atom stereocenters. The molecule has 100 valence electrons. The van der Waals surface area contributed by atoms with Crippen molar-refractivity contribution in [2.24, 2.45) is 0 Å². The van der Waals surface area contributed by atoms with Crippen LogP contribution in [0.2, 0.25) is 0 Å². The molecule has 0 radical (unpaired) electrons. The number of carbonyl (C=O) groups is 1. The predicted molar refractivity (Wildman–Crippen MR) is 70.1 cm³/mol. The zero-order valence-corrected chi connectivity index (χ0v) is 10.6. The first-order chi connectivity index (χ1) is 8.65. The first kappa shape index (κ1) is 14.5. The molecule has 1 amide bonds. The van der Waals surface area contributed by atoms with Gasteiger partial charge in [-0.2, -0.15) is 0 Å². The van der Waals surface area contributed by atoms with Crippen LogP contribution in [0.5, 0.6) is 0 Å². The number of hydrogen-bond acceptors (Lipinski definition) is 4. The van der Waals surface area contributed by atoms with Crippen LogP contribution in [0.3, 0.4) is 0 Å². The standard InChI is InChI=1S/C13H20N2O3/c1-18-9-12(5-6-16)15-13(17)8-10-3-2-4-11(14)7-10/h2-4,7,12,16H,5-6,8-9,14H2,1H3,(H,15,17). The maximum atomic E-state index is 11.8. The molecule has 5 nitrogen and oxygen atoms in total. The second-order valence-electron chi connectivity index (χ2n) is 4.15. The lowest BCUT2D eigenvalue weighted by molar-refractivity contribution is -0.121. The fraction of sp³-hybridized carbons (Fsp3) is 0.462. The summed E-state index contributed by atoms with van der Waals surface area (Å²) in [6.45, 7) is 0.413. The Morgan fingerprint density at radius 3 is 2.94 bits per heavy atom. The fourth-order valence-electron chi connectivity index (χ4n) is 1.72. The van der Waals surface area contributed by atoms with Gasteiger partial charge in [-0.15, -0.1) is 0 Å². The molecule has 0 aliphatic rings. The van der Waals surface area contributed by atoms with E-state index >= 15 is 0 Å². The van der Waals surface area contributed by atoms with Crippen molar-refractivity contribution in [1.29, 1.82) is 0 Å². The Balaban J connectivity index is 2.49.